The summed E-state index contributed by atoms with van der Waals surface area (Å²) in [5.41, 5.74) is 1.73. The van der Waals surface area contributed by atoms with Crippen LogP contribution in [0.3, 0.4) is 0 Å². The van der Waals surface area contributed by atoms with Gasteiger partial charge >= 0.3 is 0 Å². The summed E-state index contributed by atoms with van der Waals surface area (Å²) in [5.74, 6) is 0. The summed E-state index contributed by atoms with van der Waals surface area (Å²) in [4.78, 5) is 0. The molecule has 0 aliphatic heterocycles. The summed E-state index contributed by atoms with van der Waals surface area (Å²) >= 11 is 0. The van der Waals surface area contributed by atoms with Gasteiger partial charge in [-0.05, 0) is 57.8 Å². The van der Waals surface area contributed by atoms with E-state index in [0.717, 1.165) is 12.8 Å². The van der Waals surface area contributed by atoms with Gasteiger partial charge in [0.25, 0.3) is 0 Å². The fourth-order valence-electron chi connectivity index (χ4n) is 1.19. The first-order valence-electron chi connectivity index (χ1n) is 7.48. The van der Waals surface area contributed by atoms with E-state index in [9.17, 15) is 5.11 Å². The van der Waals surface area contributed by atoms with E-state index in [1.807, 2.05) is 13.8 Å². The van der Waals surface area contributed by atoms with Gasteiger partial charge in [0.2, 0.25) is 0 Å². The lowest BCUT2D eigenvalue weighted by molar-refractivity contribution is 0.0582. The molecule has 0 aliphatic carbocycles. The monoisotopic (exact) mass is 302 g/mol. The molecule has 0 aromatic carbocycles. The smallest absolute Gasteiger partial charge is 0.0592 e. The quantitative estimate of drug-likeness (QED) is 0.544. The molecule has 132 valence electrons. The largest absolute Gasteiger partial charge is 0.390 e. The minimum absolute atomic E-state index is 0. The van der Waals surface area contributed by atoms with E-state index in [4.69, 9.17) is 0 Å². The third kappa shape index (κ3) is 38.3. The van der Waals surface area contributed by atoms with Crippen molar-refractivity contribution in [1.82, 2.24) is 0 Å². The average Bonchev–Trinajstić information content (AvgIpc) is 2.10. The van der Waals surface area contributed by atoms with Crippen LogP contribution in [0.4, 0.5) is 0 Å². The second-order valence-electron chi connectivity index (χ2n) is 8.92. The van der Waals surface area contributed by atoms with Crippen molar-refractivity contribution in [1.29, 1.82) is 0 Å². The maximum Gasteiger partial charge on any atom is 0.0592 e. The van der Waals surface area contributed by atoms with Crippen LogP contribution in [-0.4, -0.2) is 10.7 Å². The standard InChI is InChI=1S/C9H20O.C9H18.2CH4/c1-8(2,3)6-7-9(4,5)10;1-8(2)6-7-9(3,4)5;;/h10H,6-7H2,1-5H3;6H,7H2,1-5H3;2*1H4. The van der Waals surface area contributed by atoms with Crippen molar-refractivity contribution in [3.05, 3.63) is 11.6 Å². The van der Waals surface area contributed by atoms with Gasteiger partial charge in [0.05, 0.1) is 5.60 Å². The van der Waals surface area contributed by atoms with Gasteiger partial charge in [-0.1, -0.05) is 68.0 Å². The first-order valence-corrected chi connectivity index (χ1v) is 7.48. The molecule has 0 aliphatic rings. The van der Waals surface area contributed by atoms with Crippen LogP contribution in [0.1, 0.15) is 103 Å². The molecule has 1 N–H and O–H groups in total. The summed E-state index contributed by atoms with van der Waals surface area (Å²) in [5, 5.41) is 9.38. The van der Waals surface area contributed by atoms with E-state index in [0.29, 0.717) is 10.8 Å². The third-order valence-corrected chi connectivity index (χ3v) is 2.61. The molecule has 0 heterocycles. The van der Waals surface area contributed by atoms with Crippen LogP contribution < -0.4 is 0 Å². The zero-order chi connectivity index (χ0) is 15.9. The Morgan fingerprint density at radius 1 is 0.762 bits per heavy atom. The highest BCUT2D eigenvalue weighted by atomic mass is 16.3. The van der Waals surface area contributed by atoms with Crippen molar-refractivity contribution >= 4 is 0 Å². The first-order chi connectivity index (χ1) is 8.12. The van der Waals surface area contributed by atoms with Crippen molar-refractivity contribution in [2.75, 3.05) is 0 Å². The molecule has 1 nitrogen and oxygen atoms in total. The molecule has 0 atom stereocenters. The summed E-state index contributed by atoms with van der Waals surface area (Å²) in [7, 11) is 0. The van der Waals surface area contributed by atoms with E-state index >= 15 is 0 Å². The van der Waals surface area contributed by atoms with Crippen LogP contribution >= 0.6 is 0 Å². The van der Waals surface area contributed by atoms with Gasteiger partial charge in [0.1, 0.15) is 0 Å². The van der Waals surface area contributed by atoms with Gasteiger partial charge in [-0.25, -0.2) is 0 Å². The SMILES string of the molecule is C.C.CC(C)(C)CCC(C)(C)O.CC(C)=CCC(C)(C)C. The molecular weight excluding hydrogens is 256 g/mol. The number of hydrogen-bond donors (Lipinski definition) is 1. The average molecular weight is 303 g/mol. The second kappa shape index (κ2) is 11.3. The summed E-state index contributed by atoms with van der Waals surface area (Å²) < 4.78 is 0. The lowest BCUT2D eigenvalue weighted by atomic mass is 9.86. The first kappa shape index (κ1) is 28.8. The van der Waals surface area contributed by atoms with Crippen molar-refractivity contribution in [2.24, 2.45) is 10.8 Å². The number of hydrogen-bond acceptors (Lipinski definition) is 1. The maximum absolute atomic E-state index is 9.38. The highest BCUT2D eigenvalue weighted by Crippen LogP contribution is 2.24. The van der Waals surface area contributed by atoms with Crippen LogP contribution in [0.25, 0.3) is 0 Å². The molecule has 0 radical (unpaired) electrons. The fourth-order valence-corrected chi connectivity index (χ4v) is 1.19. The Bertz CT molecular complexity index is 235. The molecule has 0 bridgehead atoms. The van der Waals surface area contributed by atoms with Crippen LogP contribution in [0.15, 0.2) is 11.6 Å². The van der Waals surface area contributed by atoms with E-state index in [1.165, 1.54) is 12.0 Å². The van der Waals surface area contributed by atoms with Crippen LogP contribution in [0.2, 0.25) is 0 Å². The van der Waals surface area contributed by atoms with Crippen LogP contribution in [-0.2, 0) is 0 Å². The summed E-state index contributed by atoms with van der Waals surface area (Å²) in [6, 6.07) is 0. The zero-order valence-corrected chi connectivity index (χ0v) is 15.1. The second-order valence-corrected chi connectivity index (χ2v) is 8.92. The molecule has 0 aromatic rings. The molecular formula is C20H46O. The number of rotatable bonds is 3. The molecule has 0 unspecified atom stereocenters. The van der Waals surface area contributed by atoms with E-state index in [1.54, 1.807) is 0 Å². The number of allylic oxidation sites excluding steroid dienone is 2. The van der Waals surface area contributed by atoms with Crippen LogP contribution in [0, 0.1) is 10.8 Å². The van der Waals surface area contributed by atoms with E-state index in [2.05, 4.69) is 61.5 Å². The van der Waals surface area contributed by atoms with Gasteiger partial charge in [-0.15, -0.1) is 0 Å². The molecule has 0 fully saturated rings. The third-order valence-electron chi connectivity index (χ3n) is 2.61. The Kier molecular flexibility index (Phi) is 15.5. The normalized spacial score (nSPS) is 11.4. The van der Waals surface area contributed by atoms with E-state index in [-0.39, 0.29) is 14.9 Å². The molecule has 0 rings (SSSR count). The molecule has 0 spiro atoms. The number of aliphatic hydroxyl groups is 1. The van der Waals surface area contributed by atoms with Gasteiger partial charge in [0, 0.05) is 0 Å². The summed E-state index contributed by atoms with van der Waals surface area (Å²) in [6.07, 6.45) is 5.45. The Morgan fingerprint density at radius 2 is 1.14 bits per heavy atom. The van der Waals surface area contributed by atoms with Crippen molar-refractivity contribution in [3.8, 4) is 0 Å². The summed E-state index contributed by atoms with van der Waals surface area (Å²) in [6.45, 7) is 21.4. The van der Waals surface area contributed by atoms with Gasteiger partial charge in [-0.2, -0.15) is 0 Å². The topological polar surface area (TPSA) is 20.2 Å². The highest BCUT2D eigenvalue weighted by Gasteiger charge is 2.17. The lowest BCUT2D eigenvalue weighted by Gasteiger charge is -2.24. The predicted molar refractivity (Wildman–Crippen MR) is 102 cm³/mol. The Hall–Kier alpha value is -0.300. The predicted octanol–water partition coefficient (Wildman–Crippen LogP) is 7.24. The van der Waals surface area contributed by atoms with Gasteiger partial charge < -0.3 is 5.11 Å². The van der Waals surface area contributed by atoms with Crippen molar-refractivity contribution in [2.45, 2.75) is 109 Å². The molecule has 0 aromatic heterocycles. The Labute approximate surface area is 137 Å². The molecule has 0 saturated carbocycles. The van der Waals surface area contributed by atoms with Gasteiger partial charge in [0.15, 0.2) is 0 Å². The minimum Gasteiger partial charge on any atom is -0.390 e. The van der Waals surface area contributed by atoms with Crippen LogP contribution in [0.5, 0.6) is 0 Å². The lowest BCUT2D eigenvalue weighted by Crippen LogP contribution is -2.21. The van der Waals surface area contributed by atoms with E-state index < -0.39 is 5.60 Å². The minimum atomic E-state index is -0.493. The fraction of sp³-hybridized carbons (Fsp3) is 0.900. The Balaban J connectivity index is -0.000000126. The highest BCUT2D eigenvalue weighted by molar-refractivity contribution is 4.94. The Morgan fingerprint density at radius 3 is 1.24 bits per heavy atom. The van der Waals surface area contributed by atoms with Crippen molar-refractivity contribution in [3.63, 3.8) is 0 Å². The molecule has 0 saturated heterocycles. The van der Waals surface area contributed by atoms with Gasteiger partial charge in [-0.3, -0.25) is 0 Å². The van der Waals surface area contributed by atoms with Crippen molar-refractivity contribution < 1.29 is 5.11 Å². The maximum atomic E-state index is 9.38. The molecule has 1 heteroatoms. The molecule has 0 amide bonds. The molecule has 21 heavy (non-hydrogen) atoms. The zero-order valence-electron chi connectivity index (χ0n) is 15.1.